The Bertz CT molecular complexity index is 527. The van der Waals surface area contributed by atoms with Crippen molar-refractivity contribution in [3.05, 3.63) is 0 Å². The maximum absolute atomic E-state index is 11.8. The zero-order valence-electron chi connectivity index (χ0n) is 13.3. The SMILES string of the molecule is NC1C(=O)N2CC(C=NOCCN3CCOCC3)(C(=O)O)CS[C@H]12. The predicted molar refractivity (Wildman–Crippen MR) is 87.7 cm³/mol. The summed E-state index contributed by atoms with van der Waals surface area (Å²) >= 11 is 1.38. The van der Waals surface area contributed by atoms with Gasteiger partial charge in [-0.05, 0) is 0 Å². The molecule has 0 radical (unpaired) electrons. The van der Waals surface area contributed by atoms with E-state index in [0.29, 0.717) is 12.4 Å². The number of aliphatic carboxylic acids is 1. The molecule has 3 heterocycles. The molecule has 3 aliphatic rings. The number of nitrogens with zero attached hydrogens (tertiary/aromatic N) is 3. The van der Waals surface area contributed by atoms with Crippen LogP contribution in [0.5, 0.6) is 0 Å². The molecule has 3 N–H and O–H groups in total. The van der Waals surface area contributed by atoms with Crippen LogP contribution in [0.2, 0.25) is 0 Å². The number of nitrogens with two attached hydrogens (primary N) is 1. The molecule has 0 saturated carbocycles. The van der Waals surface area contributed by atoms with Gasteiger partial charge < -0.3 is 25.3 Å². The molecule has 2 unspecified atom stereocenters. The highest BCUT2D eigenvalue weighted by Crippen LogP contribution is 2.40. The third-order valence-electron chi connectivity index (χ3n) is 4.55. The van der Waals surface area contributed by atoms with Gasteiger partial charge in [0.05, 0.1) is 19.4 Å². The molecule has 24 heavy (non-hydrogen) atoms. The summed E-state index contributed by atoms with van der Waals surface area (Å²) in [6.45, 7) is 4.35. The first-order chi connectivity index (χ1) is 11.5. The summed E-state index contributed by atoms with van der Waals surface area (Å²) in [6.07, 6.45) is 1.31. The third-order valence-corrected chi connectivity index (χ3v) is 6.12. The number of carbonyl (C=O) groups is 2. The Morgan fingerprint density at radius 1 is 1.54 bits per heavy atom. The fourth-order valence-electron chi connectivity index (χ4n) is 2.94. The van der Waals surface area contributed by atoms with Crippen LogP contribution in [0.1, 0.15) is 0 Å². The van der Waals surface area contributed by atoms with Gasteiger partial charge in [-0.15, -0.1) is 11.8 Å². The number of oxime groups is 1. The lowest BCUT2D eigenvalue weighted by Crippen LogP contribution is -2.72. The number of carbonyl (C=O) groups excluding carboxylic acids is 1. The van der Waals surface area contributed by atoms with Gasteiger partial charge in [0.2, 0.25) is 5.91 Å². The highest BCUT2D eigenvalue weighted by atomic mass is 32.2. The number of hydrogen-bond acceptors (Lipinski definition) is 8. The number of carboxylic acids is 1. The zero-order valence-corrected chi connectivity index (χ0v) is 14.1. The lowest BCUT2D eigenvalue weighted by molar-refractivity contribution is -0.152. The first-order valence-corrected chi connectivity index (χ1v) is 8.96. The van der Waals surface area contributed by atoms with Crippen LogP contribution in [0.4, 0.5) is 0 Å². The number of fused-ring (bicyclic) bond motifs is 1. The van der Waals surface area contributed by atoms with Crippen LogP contribution < -0.4 is 5.73 Å². The van der Waals surface area contributed by atoms with Crippen molar-refractivity contribution in [1.29, 1.82) is 0 Å². The molecule has 0 bridgehead atoms. The van der Waals surface area contributed by atoms with Gasteiger partial charge >= 0.3 is 5.97 Å². The number of thioether (sulfide) groups is 1. The van der Waals surface area contributed by atoms with Crippen molar-refractivity contribution in [1.82, 2.24) is 9.80 Å². The molecule has 3 rings (SSSR count). The van der Waals surface area contributed by atoms with Gasteiger partial charge in [0.25, 0.3) is 0 Å². The van der Waals surface area contributed by atoms with Crippen LogP contribution in [-0.2, 0) is 19.2 Å². The van der Waals surface area contributed by atoms with Crippen molar-refractivity contribution in [2.45, 2.75) is 11.4 Å². The van der Waals surface area contributed by atoms with Crippen LogP contribution in [-0.4, -0.2) is 96.2 Å². The van der Waals surface area contributed by atoms with Gasteiger partial charge in [0, 0.05) is 31.9 Å². The van der Waals surface area contributed by atoms with E-state index >= 15 is 0 Å². The maximum Gasteiger partial charge on any atom is 0.317 e. The van der Waals surface area contributed by atoms with E-state index in [1.165, 1.54) is 22.9 Å². The first-order valence-electron chi connectivity index (χ1n) is 7.91. The molecule has 1 amide bonds. The van der Waals surface area contributed by atoms with Gasteiger partial charge in [0.15, 0.2) is 0 Å². The van der Waals surface area contributed by atoms with Crippen molar-refractivity contribution < 1.29 is 24.3 Å². The Morgan fingerprint density at radius 2 is 2.29 bits per heavy atom. The van der Waals surface area contributed by atoms with E-state index in [9.17, 15) is 14.7 Å². The minimum atomic E-state index is -1.23. The summed E-state index contributed by atoms with van der Waals surface area (Å²) in [4.78, 5) is 32.4. The third kappa shape index (κ3) is 3.37. The summed E-state index contributed by atoms with van der Waals surface area (Å²) in [7, 11) is 0. The quantitative estimate of drug-likeness (QED) is 0.259. The number of rotatable bonds is 6. The topological polar surface area (TPSA) is 118 Å². The summed E-state index contributed by atoms with van der Waals surface area (Å²) in [5.74, 6) is -0.900. The minimum Gasteiger partial charge on any atom is -0.480 e. The van der Waals surface area contributed by atoms with E-state index in [1.54, 1.807) is 0 Å². The maximum atomic E-state index is 11.8. The second-order valence-corrected chi connectivity index (χ2v) is 7.28. The molecule has 3 atom stereocenters. The molecule has 3 saturated heterocycles. The predicted octanol–water partition coefficient (Wildman–Crippen LogP) is -1.37. The monoisotopic (exact) mass is 358 g/mol. The number of amides is 1. The Balaban J connectivity index is 1.50. The molecule has 10 heteroatoms. The Kier molecular flexibility index (Phi) is 5.28. The minimum absolute atomic E-state index is 0.0862. The average Bonchev–Trinajstić information content (AvgIpc) is 2.61. The first kappa shape index (κ1) is 17.5. The normalized spacial score (nSPS) is 34.0. The molecule has 0 aliphatic carbocycles. The second kappa shape index (κ2) is 7.26. The smallest absolute Gasteiger partial charge is 0.317 e. The van der Waals surface area contributed by atoms with E-state index in [1.807, 2.05) is 0 Å². The summed E-state index contributed by atoms with van der Waals surface area (Å²) in [5, 5.41) is 13.3. The number of β-lactam (4-membered cyclic amide) rings is 1. The van der Waals surface area contributed by atoms with E-state index < -0.39 is 17.4 Å². The molecule has 0 aromatic rings. The molecule has 134 valence electrons. The Labute approximate surface area is 144 Å². The van der Waals surface area contributed by atoms with Gasteiger partial charge in [0.1, 0.15) is 23.4 Å². The summed E-state index contributed by atoms with van der Waals surface area (Å²) in [6, 6.07) is -0.525. The van der Waals surface area contributed by atoms with Gasteiger partial charge in [-0.25, -0.2) is 0 Å². The molecule has 0 aromatic carbocycles. The van der Waals surface area contributed by atoms with Gasteiger partial charge in [-0.1, -0.05) is 5.16 Å². The lowest BCUT2D eigenvalue weighted by Gasteiger charge is -2.51. The molecule has 9 nitrogen and oxygen atoms in total. The van der Waals surface area contributed by atoms with Crippen LogP contribution in [0.25, 0.3) is 0 Å². The Morgan fingerprint density at radius 3 is 3.00 bits per heavy atom. The molecular formula is C14H22N4O5S. The van der Waals surface area contributed by atoms with Crippen molar-refractivity contribution in [2.75, 3.05) is 51.8 Å². The average molecular weight is 358 g/mol. The van der Waals surface area contributed by atoms with Crippen LogP contribution in [0.15, 0.2) is 5.16 Å². The van der Waals surface area contributed by atoms with E-state index in [4.69, 9.17) is 15.3 Å². The summed E-state index contributed by atoms with van der Waals surface area (Å²) < 4.78 is 5.27. The molecule has 3 aliphatic heterocycles. The number of carboxylic acid groups (broad SMARTS) is 1. The van der Waals surface area contributed by atoms with Crippen molar-refractivity contribution in [2.24, 2.45) is 16.3 Å². The van der Waals surface area contributed by atoms with E-state index in [-0.39, 0.29) is 17.8 Å². The van der Waals surface area contributed by atoms with E-state index in [2.05, 4.69) is 10.1 Å². The van der Waals surface area contributed by atoms with Gasteiger partial charge in [-0.2, -0.15) is 0 Å². The van der Waals surface area contributed by atoms with Crippen LogP contribution >= 0.6 is 11.8 Å². The Hall–Kier alpha value is -1.36. The molecule has 0 spiro atoms. The molecule has 0 aromatic heterocycles. The number of ether oxygens (including phenoxy) is 1. The van der Waals surface area contributed by atoms with Crippen LogP contribution in [0.3, 0.4) is 0 Å². The fourth-order valence-corrected chi connectivity index (χ4v) is 4.38. The highest BCUT2D eigenvalue weighted by Gasteiger charge is 2.55. The van der Waals surface area contributed by atoms with Crippen molar-refractivity contribution in [3.8, 4) is 0 Å². The summed E-state index contributed by atoms with van der Waals surface area (Å²) in [5.41, 5.74) is 4.49. The number of hydrogen-bond donors (Lipinski definition) is 2. The van der Waals surface area contributed by atoms with Crippen LogP contribution in [0, 0.1) is 5.41 Å². The molecular weight excluding hydrogens is 336 g/mol. The van der Waals surface area contributed by atoms with Crippen molar-refractivity contribution in [3.63, 3.8) is 0 Å². The second-order valence-electron chi connectivity index (χ2n) is 6.18. The van der Waals surface area contributed by atoms with E-state index in [0.717, 1.165) is 32.8 Å². The zero-order chi connectivity index (χ0) is 17.2. The van der Waals surface area contributed by atoms with Crippen molar-refractivity contribution >= 4 is 29.9 Å². The lowest BCUT2D eigenvalue weighted by atomic mass is 9.89. The van der Waals surface area contributed by atoms with Gasteiger partial charge in [-0.3, -0.25) is 14.5 Å². The largest absolute Gasteiger partial charge is 0.480 e. The number of morpholine rings is 1. The highest BCUT2D eigenvalue weighted by molar-refractivity contribution is 8.00. The standard InChI is InChI=1S/C14H22N4O5S/c15-10-11(19)18-8-14(13(20)21,9-24-12(10)18)7-16-23-6-3-17-1-4-22-5-2-17/h7,10,12H,1-6,8-9,15H2,(H,20,21)/t10?,12-,14?/m1/s1. The molecule has 3 fully saturated rings. The fraction of sp³-hybridized carbons (Fsp3) is 0.786.